The van der Waals surface area contributed by atoms with Crippen LogP contribution in [0.4, 0.5) is 20.3 Å². The lowest BCUT2D eigenvalue weighted by Crippen LogP contribution is -2.21. The Morgan fingerprint density at radius 3 is 2.36 bits per heavy atom. The molecule has 1 heterocycles. The van der Waals surface area contributed by atoms with E-state index >= 15 is 0 Å². The molecule has 0 aliphatic heterocycles. The lowest BCUT2D eigenvalue weighted by atomic mass is 10.1. The molecule has 0 aliphatic carbocycles. The number of nitrogens with zero attached hydrogens (tertiary/aromatic N) is 2. The molecule has 0 aliphatic rings. The number of likely N-dealkylation sites (N-methyl/N-ethyl adjacent to an activating group) is 1. The largest absolute Gasteiger partial charge is 0.359 e. The standard InChI is InChI=1S/C20H21F2N3O2S/c1-13-10-20(23-19-12-18(22)17(21)11-16(13)19)25(2)9-8-14-4-6-15(7-5-14)24-28(3,26)27/h4-7,10-12,24H,8-9H2,1-3H3. The molecule has 1 aromatic heterocycles. The summed E-state index contributed by atoms with van der Waals surface area (Å²) in [7, 11) is -1.41. The minimum absolute atomic E-state index is 0.414. The summed E-state index contributed by atoms with van der Waals surface area (Å²) in [5.41, 5.74) is 2.79. The molecule has 0 atom stereocenters. The molecule has 0 spiro atoms. The fraction of sp³-hybridized carbons (Fsp3) is 0.250. The van der Waals surface area contributed by atoms with Gasteiger partial charge in [0.15, 0.2) is 11.6 Å². The minimum atomic E-state index is -3.30. The van der Waals surface area contributed by atoms with Crippen molar-refractivity contribution in [3.63, 3.8) is 0 Å². The van der Waals surface area contributed by atoms with Crippen LogP contribution in [-0.2, 0) is 16.4 Å². The van der Waals surface area contributed by atoms with Gasteiger partial charge < -0.3 is 4.90 Å². The number of aromatic nitrogens is 1. The number of benzene rings is 2. The number of hydrogen-bond donors (Lipinski definition) is 1. The van der Waals surface area contributed by atoms with Gasteiger partial charge in [0.1, 0.15) is 5.82 Å². The highest BCUT2D eigenvalue weighted by Crippen LogP contribution is 2.24. The van der Waals surface area contributed by atoms with E-state index in [1.165, 1.54) is 6.07 Å². The van der Waals surface area contributed by atoms with Gasteiger partial charge in [-0.1, -0.05) is 12.1 Å². The summed E-state index contributed by atoms with van der Waals surface area (Å²) in [6.07, 6.45) is 1.82. The fourth-order valence-electron chi connectivity index (χ4n) is 2.93. The number of fused-ring (bicyclic) bond motifs is 1. The number of pyridine rings is 1. The number of aryl methyl sites for hydroxylation is 1. The lowest BCUT2D eigenvalue weighted by Gasteiger charge is -2.20. The molecule has 0 fully saturated rings. The number of anilines is 2. The van der Waals surface area contributed by atoms with Crippen LogP contribution in [0.2, 0.25) is 0 Å². The van der Waals surface area contributed by atoms with E-state index in [0.29, 0.717) is 35.4 Å². The van der Waals surface area contributed by atoms with Gasteiger partial charge in [0.2, 0.25) is 10.0 Å². The van der Waals surface area contributed by atoms with Gasteiger partial charge >= 0.3 is 0 Å². The van der Waals surface area contributed by atoms with Crippen molar-refractivity contribution in [2.24, 2.45) is 0 Å². The van der Waals surface area contributed by atoms with Crippen molar-refractivity contribution in [2.75, 3.05) is 29.5 Å². The van der Waals surface area contributed by atoms with E-state index in [-0.39, 0.29) is 0 Å². The maximum absolute atomic E-state index is 13.5. The van der Waals surface area contributed by atoms with Gasteiger partial charge in [0.05, 0.1) is 11.8 Å². The molecule has 1 N–H and O–H groups in total. The molecule has 0 bridgehead atoms. The highest BCUT2D eigenvalue weighted by atomic mass is 32.2. The molecule has 3 aromatic rings. The predicted molar refractivity (Wildman–Crippen MR) is 108 cm³/mol. The fourth-order valence-corrected chi connectivity index (χ4v) is 3.50. The molecule has 5 nitrogen and oxygen atoms in total. The van der Waals surface area contributed by atoms with Crippen molar-refractivity contribution >= 4 is 32.4 Å². The van der Waals surface area contributed by atoms with Crippen LogP contribution in [0.5, 0.6) is 0 Å². The zero-order chi connectivity index (χ0) is 20.5. The van der Waals surface area contributed by atoms with Crippen LogP contribution in [0, 0.1) is 18.6 Å². The maximum atomic E-state index is 13.5. The third-order valence-corrected chi connectivity index (χ3v) is 5.03. The second kappa shape index (κ2) is 7.71. The molecule has 3 rings (SSSR count). The number of sulfonamides is 1. The molecule has 2 aromatic carbocycles. The van der Waals surface area contributed by atoms with Crippen molar-refractivity contribution in [2.45, 2.75) is 13.3 Å². The first kappa shape index (κ1) is 20.0. The van der Waals surface area contributed by atoms with Crippen molar-refractivity contribution < 1.29 is 17.2 Å². The third kappa shape index (κ3) is 4.75. The van der Waals surface area contributed by atoms with Crippen LogP contribution in [0.1, 0.15) is 11.1 Å². The summed E-state index contributed by atoms with van der Waals surface area (Å²) in [5, 5.41) is 0.588. The molecule has 148 valence electrons. The first-order valence-corrected chi connectivity index (χ1v) is 10.6. The van der Waals surface area contributed by atoms with E-state index in [9.17, 15) is 17.2 Å². The normalized spacial score (nSPS) is 11.6. The van der Waals surface area contributed by atoms with Gasteiger partial charge in [-0.2, -0.15) is 0 Å². The Hall–Kier alpha value is -2.74. The Kier molecular flexibility index (Phi) is 5.51. The topological polar surface area (TPSA) is 62.3 Å². The molecule has 0 saturated heterocycles. The first-order valence-electron chi connectivity index (χ1n) is 8.66. The number of rotatable bonds is 6. The Morgan fingerprint density at radius 2 is 1.71 bits per heavy atom. The molecule has 0 unspecified atom stereocenters. The van der Waals surface area contributed by atoms with Crippen molar-refractivity contribution in [3.05, 3.63) is 65.2 Å². The molecule has 0 amide bonds. The number of halogens is 2. The summed E-state index contributed by atoms with van der Waals surface area (Å²) in [6, 6.07) is 11.3. The summed E-state index contributed by atoms with van der Waals surface area (Å²) >= 11 is 0. The molecular formula is C20H21F2N3O2S. The van der Waals surface area contributed by atoms with E-state index in [1.54, 1.807) is 12.1 Å². The van der Waals surface area contributed by atoms with Crippen LogP contribution in [0.25, 0.3) is 10.9 Å². The van der Waals surface area contributed by atoms with Gasteiger partial charge in [-0.25, -0.2) is 22.2 Å². The molecule has 0 saturated carbocycles. The molecular weight excluding hydrogens is 384 g/mol. The average molecular weight is 405 g/mol. The third-order valence-electron chi connectivity index (χ3n) is 4.43. The highest BCUT2D eigenvalue weighted by Gasteiger charge is 2.11. The SMILES string of the molecule is Cc1cc(N(C)CCc2ccc(NS(C)(=O)=O)cc2)nc2cc(F)c(F)cc12. The van der Waals surface area contributed by atoms with Crippen LogP contribution in [-0.4, -0.2) is 33.2 Å². The minimum Gasteiger partial charge on any atom is -0.359 e. The smallest absolute Gasteiger partial charge is 0.229 e. The second-order valence-electron chi connectivity index (χ2n) is 6.82. The van der Waals surface area contributed by atoms with Gasteiger partial charge in [-0.05, 0) is 48.7 Å². The highest BCUT2D eigenvalue weighted by molar-refractivity contribution is 7.92. The monoisotopic (exact) mass is 405 g/mol. The van der Waals surface area contributed by atoms with E-state index < -0.39 is 21.7 Å². The van der Waals surface area contributed by atoms with Crippen molar-refractivity contribution in [1.82, 2.24) is 4.98 Å². The van der Waals surface area contributed by atoms with Crippen LogP contribution < -0.4 is 9.62 Å². The van der Waals surface area contributed by atoms with Gasteiger partial charge in [0, 0.05) is 30.7 Å². The summed E-state index contributed by atoms with van der Waals surface area (Å²) in [5.74, 6) is -1.12. The average Bonchev–Trinajstić information content (AvgIpc) is 2.61. The van der Waals surface area contributed by atoms with Gasteiger partial charge in [-0.3, -0.25) is 4.72 Å². The molecule has 0 radical (unpaired) electrons. The zero-order valence-corrected chi connectivity index (χ0v) is 16.6. The summed E-state index contributed by atoms with van der Waals surface area (Å²) in [6.45, 7) is 2.49. The Bertz CT molecular complexity index is 1120. The quantitative estimate of drug-likeness (QED) is 0.676. The Morgan fingerprint density at radius 1 is 1.07 bits per heavy atom. The Balaban J connectivity index is 1.72. The van der Waals surface area contributed by atoms with E-state index in [2.05, 4.69) is 9.71 Å². The Labute approximate surface area is 163 Å². The van der Waals surface area contributed by atoms with Crippen molar-refractivity contribution in [1.29, 1.82) is 0 Å². The van der Waals surface area contributed by atoms with Crippen LogP contribution in [0.15, 0.2) is 42.5 Å². The van der Waals surface area contributed by atoms with Crippen LogP contribution >= 0.6 is 0 Å². The van der Waals surface area contributed by atoms with E-state index in [1.807, 2.05) is 37.1 Å². The van der Waals surface area contributed by atoms with Crippen LogP contribution in [0.3, 0.4) is 0 Å². The van der Waals surface area contributed by atoms with E-state index in [4.69, 9.17) is 0 Å². The van der Waals surface area contributed by atoms with E-state index in [0.717, 1.165) is 23.4 Å². The van der Waals surface area contributed by atoms with Gasteiger partial charge in [-0.15, -0.1) is 0 Å². The zero-order valence-electron chi connectivity index (χ0n) is 15.8. The predicted octanol–water partition coefficient (Wildman–Crippen LogP) is 3.87. The lowest BCUT2D eigenvalue weighted by molar-refractivity contribution is 0.510. The molecule has 8 heteroatoms. The summed E-state index contributed by atoms with van der Waals surface area (Å²) < 4.78 is 51.9. The van der Waals surface area contributed by atoms with Crippen molar-refractivity contribution in [3.8, 4) is 0 Å². The first-order chi connectivity index (χ1) is 13.1. The summed E-state index contributed by atoms with van der Waals surface area (Å²) in [4.78, 5) is 6.39. The maximum Gasteiger partial charge on any atom is 0.229 e. The number of hydrogen-bond acceptors (Lipinski definition) is 4. The molecule has 28 heavy (non-hydrogen) atoms. The number of nitrogens with one attached hydrogen (secondary N) is 1. The van der Waals surface area contributed by atoms with Gasteiger partial charge in [0.25, 0.3) is 0 Å². The second-order valence-corrected chi connectivity index (χ2v) is 8.57.